The largest absolute Gasteiger partial charge is 0.399 e. The van der Waals surface area contributed by atoms with E-state index in [2.05, 4.69) is 14.6 Å². The van der Waals surface area contributed by atoms with Crippen LogP contribution in [0.1, 0.15) is 4.88 Å². The highest BCUT2D eigenvalue weighted by molar-refractivity contribution is 7.93. The molecule has 1 aromatic carbocycles. The van der Waals surface area contributed by atoms with Gasteiger partial charge in [0.15, 0.2) is 5.13 Å². The van der Waals surface area contributed by atoms with Crippen LogP contribution >= 0.6 is 11.3 Å². The molecule has 21 heavy (non-hydrogen) atoms. The maximum atomic E-state index is 12.2. The summed E-state index contributed by atoms with van der Waals surface area (Å²) in [6.45, 7) is 0.895. The number of nitrogen functional groups attached to an aromatic ring is 1. The predicted octanol–water partition coefficient (Wildman–Crippen LogP) is 1.63. The van der Waals surface area contributed by atoms with E-state index in [1.54, 1.807) is 18.3 Å². The lowest BCUT2D eigenvalue weighted by Gasteiger charge is -2.07. The molecular weight excluding hydrogens is 308 g/mol. The van der Waals surface area contributed by atoms with Crippen LogP contribution in [0, 0.1) is 0 Å². The smallest absolute Gasteiger partial charge is 0.263 e. The molecule has 0 atom stereocenters. The number of nitrogens with one attached hydrogen (secondary N) is 1. The average Bonchev–Trinajstić information content (AvgIpc) is 2.84. The first-order valence-electron chi connectivity index (χ1n) is 6.34. The fourth-order valence-electron chi connectivity index (χ4n) is 1.62. The first-order chi connectivity index (χ1) is 9.87. The van der Waals surface area contributed by atoms with Crippen molar-refractivity contribution in [2.24, 2.45) is 0 Å². The highest BCUT2D eigenvalue weighted by atomic mass is 32.2. The molecule has 0 fully saturated rings. The van der Waals surface area contributed by atoms with Crippen LogP contribution in [-0.4, -0.2) is 38.9 Å². The molecule has 0 aliphatic heterocycles. The third kappa shape index (κ3) is 4.42. The number of hydrogen-bond acceptors (Lipinski definition) is 6. The number of anilines is 2. The van der Waals surface area contributed by atoms with E-state index < -0.39 is 10.0 Å². The monoisotopic (exact) mass is 326 g/mol. The number of rotatable bonds is 6. The van der Waals surface area contributed by atoms with E-state index in [1.165, 1.54) is 23.5 Å². The second-order valence-corrected chi connectivity index (χ2v) is 7.66. The Kier molecular flexibility index (Phi) is 4.81. The zero-order chi connectivity index (χ0) is 15.5. The van der Waals surface area contributed by atoms with E-state index in [1.807, 2.05) is 14.1 Å². The first-order valence-corrected chi connectivity index (χ1v) is 8.64. The molecule has 2 rings (SSSR count). The van der Waals surface area contributed by atoms with Gasteiger partial charge in [0.1, 0.15) is 0 Å². The Morgan fingerprint density at radius 3 is 2.57 bits per heavy atom. The summed E-state index contributed by atoms with van der Waals surface area (Å²) in [6, 6.07) is 6.05. The Hall–Kier alpha value is -1.64. The SMILES string of the molecule is CN(C)CCc1cnc(NS(=O)(=O)c2ccc(N)cc2)s1. The van der Waals surface area contributed by atoms with Gasteiger partial charge in [-0.3, -0.25) is 4.72 Å². The van der Waals surface area contributed by atoms with Gasteiger partial charge in [-0.05, 0) is 44.8 Å². The van der Waals surface area contributed by atoms with Crippen LogP contribution in [-0.2, 0) is 16.4 Å². The number of aromatic nitrogens is 1. The van der Waals surface area contributed by atoms with Crippen LogP contribution in [0.5, 0.6) is 0 Å². The van der Waals surface area contributed by atoms with Crippen molar-refractivity contribution < 1.29 is 8.42 Å². The van der Waals surface area contributed by atoms with Crippen LogP contribution < -0.4 is 10.5 Å². The molecule has 0 aliphatic rings. The Morgan fingerprint density at radius 2 is 1.95 bits per heavy atom. The molecule has 0 saturated heterocycles. The normalized spacial score (nSPS) is 11.8. The molecule has 1 heterocycles. The molecule has 114 valence electrons. The molecule has 2 aromatic rings. The fourth-order valence-corrected chi connectivity index (χ4v) is 3.67. The minimum atomic E-state index is -3.62. The van der Waals surface area contributed by atoms with Crippen LogP contribution in [0.2, 0.25) is 0 Å². The van der Waals surface area contributed by atoms with Crippen molar-refractivity contribution in [2.75, 3.05) is 31.1 Å². The number of sulfonamides is 1. The lowest BCUT2D eigenvalue weighted by atomic mass is 10.3. The summed E-state index contributed by atoms with van der Waals surface area (Å²) in [7, 11) is 0.368. The van der Waals surface area contributed by atoms with E-state index >= 15 is 0 Å². The number of thiazole rings is 1. The quantitative estimate of drug-likeness (QED) is 0.788. The zero-order valence-corrected chi connectivity index (χ0v) is 13.5. The van der Waals surface area contributed by atoms with E-state index in [-0.39, 0.29) is 4.90 Å². The predicted molar refractivity (Wildman–Crippen MR) is 86.0 cm³/mol. The standard InChI is InChI=1S/C13H18N4O2S2/c1-17(2)8-7-11-9-15-13(20-11)16-21(18,19)12-5-3-10(14)4-6-12/h3-6,9H,7-8,14H2,1-2H3,(H,15,16). The molecule has 0 unspecified atom stereocenters. The lowest BCUT2D eigenvalue weighted by molar-refractivity contribution is 0.415. The van der Waals surface area contributed by atoms with Gasteiger partial charge in [-0.25, -0.2) is 13.4 Å². The minimum absolute atomic E-state index is 0.168. The van der Waals surface area contributed by atoms with Crippen molar-refractivity contribution in [3.63, 3.8) is 0 Å². The van der Waals surface area contributed by atoms with Gasteiger partial charge in [0, 0.05) is 23.3 Å². The van der Waals surface area contributed by atoms with Crippen LogP contribution in [0.25, 0.3) is 0 Å². The summed E-state index contributed by atoms with van der Waals surface area (Å²) in [5.74, 6) is 0. The molecule has 0 spiro atoms. The zero-order valence-electron chi connectivity index (χ0n) is 11.9. The Labute approximate surface area is 128 Å². The minimum Gasteiger partial charge on any atom is -0.399 e. The number of benzene rings is 1. The Morgan fingerprint density at radius 1 is 1.29 bits per heavy atom. The van der Waals surface area contributed by atoms with Gasteiger partial charge in [0.25, 0.3) is 10.0 Å². The van der Waals surface area contributed by atoms with E-state index in [0.717, 1.165) is 17.8 Å². The fraction of sp³-hybridized carbons (Fsp3) is 0.308. The van der Waals surface area contributed by atoms with Crippen molar-refractivity contribution in [3.05, 3.63) is 35.3 Å². The summed E-state index contributed by atoms with van der Waals surface area (Å²) in [5.41, 5.74) is 6.08. The molecule has 8 heteroatoms. The summed E-state index contributed by atoms with van der Waals surface area (Å²) in [4.78, 5) is 7.38. The van der Waals surface area contributed by atoms with Crippen molar-refractivity contribution in [2.45, 2.75) is 11.3 Å². The second kappa shape index (κ2) is 6.42. The summed E-state index contributed by atoms with van der Waals surface area (Å²) in [5, 5.41) is 0.376. The van der Waals surface area contributed by atoms with Crippen molar-refractivity contribution in [1.82, 2.24) is 9.88 Å². The van der Waals surface area contributed by atoms with Gasteiger partial charge in [-0.2, -0.15) is 0 Å². The Balaban J connectivity index is 2.08. The van der Waals surface area contributed by atoms with Gasteiger partial charge in [0.2, 0.25) is 0 Å². The average molecular weight is 326 g/mol. The second-order valence-electron chi connectivity index (χ2n) is 4.86. The maximum Gasteiger partial charge on any atom is 0.263 e. The van der Waals surface area contributed by atoms with Gasteiger partial charge < -0.3 is 10.6 Å². The lowest BCUT2D eigenvalue weighted by Crippen LogP contribution is -2.14. The number of nitrogens with two attached hydrogens (primary N) is 1. The number of likely N-dealkylation sites (N-methyl/N-ethyl adjacent to an activating group) is 1. The van der Waals surface area contributed by atoms with Gasteiger partial charge >= 0.3 is 0 Å². The van der Waals surface area contributed by atoms with Crippen LogP contribution in [0.4, 0.5) is 10.8 Å². The van der Waals surface area contributed by atoms with Gasteiger partial charge in [-0.15, -0.1) is 11.3 Å². The molecule has 0 bridgehead atoms. The number of nitrogens with zero attached hydrogens (tertiary/aromatic N) is 2. The van der Waals surface area contributed by atoms with Gasteiger partial charge in [-0.1, -0.05) is 0 Å². The molecule has 0 aliphatic carbocycles. The van der Waals surface area contributed by atoms with Crippen LogP contribution in [0.3, 0.4) is 0 Å². The summed E-state index contributed by atoms with van der Waals surface area (Å²) >= 11 is 1.35. The highest BCUT2D eigenvalue weighted by Gasteiger charge is 2.16. The van der Waals surface area contributed by atoms with E-state index in [0.29, 0.717) is 10.8 Å². The van der Waals surface area contributed by atoms with Crippen molar-refractivity contribution >= 4 is 32.2 Å². The topological polar surface area (TPSA) is 88.3 Å². The molecule has 6 nitrogen and oxygen atoms in total. The molecule has 0 amide bonds. The number of hydrogen-bond donors (Lipinski definition) is 2. The summed E-state index contributed by atoms with van der Waals surface area (Å²) in [6.07, 6.45) is 2.54. The molecule has 0 saturated carbocycles. The van der Waals surface area contributed by atoms with Crippen molar-refractivity contribution in [3.8, 4) is 0 Å². The molecular formula is C13H18N4O2S2. The summed E-state index contributed by atoms with van der Waals surface area (Å²) < 4.78 is 26.9. The van der Waals surface area contributed by atoms with Crippen LogP contribution in [0.15, 0.2) is 35.4 Å². The highest BCUT2D eigenvalue weighted by Crippen LogP contribution is 2.22. The Bertz CT molecular complexity index is 693. The molecule has 3 N–H and O–H groups in total. The third-order valence-corrected chi connectivity index (χ3v) is 5.23. The van der Waals surface area contributed by atoms with E-state index in [9.17, 15) is 8.42 Å². The van der Waals surface area contributed by atoms with Gasteiger partial charge in [0.05, 0.1) is 4.90 Å². The van der Waals surface area contributed by atoms with E-state index in [4.69, 9.17) is 5.73 Å². The molecule has 1 aromatic heterocycles. The maximum absolute atomic E-state index is 12.2. The first kappa shape index (κ1) is 15.7. The third-order valence-electron chi connectivity index (χ3n) is 2.77. The molecule has 0 radical (unpaired) electrons. The van der Waals surface area contributed by atoms with Crippen molar-refractivity contribution in [1.29, 1.82) is 0 Å².